The molecule has 158 valence electrons. The lowest BCUT2D eigenvalue weighted by Gasteiger charge is -2.30. The minimum atomic E-state index is -0.510. The number of nitrogens with one attached hydrogen (secondary N) is 1. The van der Waals surface area contributed by atoms with Crippen molar-refractivity contribution in [2.45, 2.75) is 44.5 Å². The lowest BCUT2D eigenvalue weighted by Crippen LogP contribution is -2.49. The topological polar surface area (TPSA) is 55.7 Å². The van der Waals surface area contributed by atoms with Crippen LogP contribution in [0.5, 0.6) is 0 Å². The second kappa shape index (κ2) is 9.00. The molecule has 1 saturated carbocycles. The fourth-order valence-corrected chi connectivity index (χ4v) is 4.15. The highest BCUT2D eigenvalue weighted by atomic mass is 35.5. The van der Waals surface area contributed by atoms with Crippen molar-refractivity contribution in [3.63, 3.8) is 0 Å². The zero-order valence-corrected chi connectivity index (χ0v) is 17.4. The van der Waals surface area contributed by atoms with E-state index < -0.39 is 11.9 Å². The summed E-state index contributed by atoms with van der Waals surface area (Å²) in [7, 11) is 1.67. The quantitative estimate of drug-likeness (QED) is 0.663. The summed E-state index contributed by atoms with van der Waals surface area (Å²) in [6, 6.07) is 3.81. The van der Waals surface area contributed by atoms with Crippen molar-refractivity contribution < 1.29 is 18.7 Å². The standard InChI is InChI=1S/C21H27ClFN3O3/c1-28-9-2-7-25-8-5-16-17(25)11-14(20(23)19(16)22)13-26(15-3-4-15)21(27)18-12-24-6-10-29-18/h5,8,11,15,18,24H,2-4,6-7,9-10,12-13H2,1H3/t18-/m1/s1. The summed E-state index contributed by atoms with van der Waals surface area (Å²) < 4.78 is 27.9. The maximum absolute atomic E-state index is 15.1. The van der Waals surface area contributed by atoms with Gasteiger partial charge >= 0.3 is 0 Å². The van der Waals surface area contributed by atoms with E-state index in [0.717, 1.165) is 37.9 Å². The number of rotatable bonds is 8. The van der Waals surface area contributed by atoms with Gasteiger partial charge in [-0.2, -0.15) is 0 Å². The van der Waals surface area contributed by atoms with E-state index in [1.807, 2.05) is 18.3 Å². The molecule has 0 radical (unpaired) electrons. The van der Waals surface area contributed by atoms with Crippen LogP contribution in [0, 0.1) is 5.82 Å². The van der Waals surface area contributed by atoms with E-state index in [2.05, 4.69) is 9.88 Å². The van der Waals surface area contributed by atoms with Gasteiger partial charge in [-0.15, -0.1) is 0 Å². The number of ether oxygens (including phenoxy) is 2. The van der Waals surface area contributed by atoms with Gasteiger partial charge in [0.1, 0.15) is 11.9 Å². The Labute approximate surface area is 174 Å². The molecule has 1 N–H and O–H groups in total. The molecule has 0 unspecified atom stereocenters. The first-order valence-electron chi connectivity index (χ1n) is 10.2. The Morgan fingerprint density at radius 3 is 3.00 bits per heavy atom. The number of carbonyl (C=O) groups is 1. The summed E-state index contributed by atoms with van der Waals surface area (Å²) in [5, 5.41) is 3.99. The molecule has 1 amide bonds. The number of methoxy groups -OCH3 is 1. The number of fused-ring (bicyclic) bond motifs is 1. The van der Waals surface area contributed by atoms with Crippen LogP contribution in [0.2, 0.25) is 5.02 Å². The molecule has 1 aromatic carbocycles. The van der Waals surface area contributed by atoms with Gasteiger partial charge in [0, 0.05) is 63.1 Å². The van der Waals surface area contributed by atoms with Crippen LogP contribution in [-0.2, 0) is 27.4 Å². The summed E-state index contributed by atoms with van der Waals surface area (Å²) in [5.74, 6) is -0.527. The maximum atomic E-state index is 15.1. The molecule has 2 heterocycles. The second-order valence-electron chi connectivity index (χ2n) is 7.71. The van der Waals surface area contributed by atoms with Crippen molar-refractivity contribution in [3.8, 4) is 0 Å². The Balaban J connectivity index is 1.60. The first-order chi connectivity index (χ1) is 14.1. The summed E-state index contributed by atoms with van der Waals surface area (Å²) in [4.78, 5) is 14.8. The van der Waals surface area contributed by atoms with Gasteiger partial charge in [0.05, 0.1) is 17.1 Å². The highest BCUT2D eigenvalue weighted by molar-refractivity contribution is 6.35. The van der Waals surface area contributed by atoms with Crippen molar-refractivity contribution in [2.24, 2.45) is 0 Å². The van der Waals surface area contributed by atoms with E-state index in [9.17, 15) is 4.79 Å². The van der Waals surface area contributed by atoms with Gasteiger partial charge in [-0.25, -0.2) is 4.39 Å². The lowest BCUT2D eigenvalue weighted by molar-refractivity contribution is -0.146. The summed E-state index contributed by atoms with van der Waals surface area (Å²) in [6.07, 6.45) is 4.14. The van der Waals surface area contributed by atoms with E-state index >= 15 is 4.39 Å². The molecule has 6 nitrogen and oxygen atoms in total. The predicted octanol–water partition coefficient (Wildman–Crippen LogP) is 2.95. The summed E-state index contributed by atoms with van der Waals surface area (Å²) in [6.45, 7) is 3.36. The number of halogens is 2. The molecule has 2 fully saturated rings. The second-order valence-corrected chi connectivity index (χ2v) is 8.09. The number of hydrogen-bond acceptors (Lipinski definition) is 4. The van der Waals surface area contributed by atoms with Gasteiger partial charge in [0.2, 0.25) is 0 Å². The number of carbonyl (C=O) groups excluding carboxylic acids is 1. The Hall–Kier alpha value is -1.67. The molecule has 1 aliphatic carbocycles. The van der Waals surface area contributed by atoms with Crippen LogP contribution < -0.4 is 5.32 Å². The van der Waals surface area contributed by atoms with Crippen molar-refractivity contribution >= 4 is 28.4 Å². The third kappa shape index (κ3) is 4.43. The maximum Gasteiger partial charge on any atom is 0.253 e. The summed E-state index contributed by atoms with van der Waals surface area (Å²) in [5.41, 5.74) is 1.32. The molecule has 2 aliphatic rings. The number of aromatic nitrogens is 1. The lowest BCUT2D eigenvalue weighted by atomic mass is 10.1. The number of hydrogen-bond donors (Lipinski definition) is 1. The van der Waals surface area contributed by atoms with E-state index in [1.54, 1.807) is 12.0 Å². The largest absolute Gasteiger partial charge is 0.385 e. The van der Waals surface area contributed by atoms with Crippen molar-refractivity contribution in [1.82, 2.24) is 14.8 Å². The molecule has 0 spiro atoms. The fraction of sp³-hybridized carbons (Fsp3) is 0.571. The molecule has 1 aromatic heterocycles. The van der Waals surface area contributed by atoms with Crippen LogP contribution in [0.1, 0.15) is 24.8 Å². The molecule has 29 heavy (non-hydrogen) atoms. The SMILES string of the molecule is COCCCn1ccc2c(Cl)c(F)c(CN(C(=O)[C@H]3CNCCO3)C3CC3)cc21. The van der Waals surface area contributed by atoms with Crippen LogP contribution >= 0.6 is 11.6 Å². The molecule has 4 rings (SSSR count). The number of amides is 1. The number of benzene rings is 1. The van der Waals surface area contributed by atoms with Gasteiger partial charge in [-0.3, -0.25) is 4.79 Å². The van der Waals surface area contributed by atoms with Crippen LogP contribution in [0.25, 0.3) is 10.9 Å². The molecule has 1 aliphatic heterocycles. The van der Waals surface area contributed by atoms with Crippen LogP contribution in [0.15, 0.2) is 18.3 Å². The van der Waals surface area contributed by atoms with E-state index in [4.69, 9.17) is 21.1 Å². The number of morpholine rings is 1. The van der Waals surface area contributed by atoms with E-state index in [-0.39, 0.29) is 23.5 Å². The molecular weight excluding hydrogens is 397 g/mol. The smallest absolute Gasteiger partial charge is 0.253 e. The number of nitrogens with zero attached hydrogens (tertiary/aromatic N) is 2. The Kier molecular flexibility index (Phi) is 6.39. The van der Waals surface area contributed by atoms with Gasteiger partial charge < -0.3 is 24.3 Å². The zero-order chi connectivity index (χ0) is 20.4. The molecule has 2 aromatic rings. The van der Waals surface area contributed by atoms with Crippen molar-refractivity contribution in [2.75, 3.05) is 33.4 Å². The van der Waals surface area contributed by atoms with Crippen LogP contribution in [0.4, 0.5) is 4.39 Å². The Morgan fingerprint density at radius 1 is 1.48 bits per heavy atom. The number of aryl methyl sites for hydroxylation is 1. The zero-order valence-electron chi connectivity index (χ0n) is 16.6. The Morgan fingerprint density at radius 2 is 2.31 bits per heavy atom. The van der Waals surface area contributed by atoms with E-state index in [0.29, 0.717) is 30.7 Å². The molecule has 0 bridgehead atoms. The van der Waals surface area contributed by atoms with Crippen molar-refractivity contribution in [1.29, 1.82) is 0 Å². The summed E-state index contributed by atoms with van der Waals surface area (Å²) >= 11 is 6.36. The molecular formula is C21H27ClFN3O3. The first kappa shape index (κ1) is 20.6. The third-order valence-corrected chi connectivity index (χ3v) is 5.96. The monoisotopic (exact) mass is 423 g/mol. The minimum Gasteiger partial charge on any atom is -0.385 e. The fourth-order valence-electron chi connectivity index (χ4n) is 3.87. The average molecular weight is 424 g/mol. The third-order valence-electron chi connectivity index (χ3n) is 5.59. The van der Waals surface area contributed by atoms with Crippen molar-refractivity contribution in [3.05, 3.63) is 34.7 Å². The molecule has 1 atom stereocenters. The first-order valence-corrected chi connectivity index (χ1v) is 10.6. The highest BCUT2D eigenvalue weighted by Gasteiger charge is 2.37. The normalized spacial score (nSPS) is 19.6. The van der Waals surface area contributed by atoms with Gasteiger partial charge in [-0.05, 0) is 31.4 Å². The van der Waals surface area contributed by atoms with Crippen LogP contribution in [0.3, 0.4) is 0 Å². The van der Waals surface area contributed by atoms with Gasteiger partial charge in [0.15, 0.2) is 0 Å². The average Bonchev–Trinajstić information content (AvgIpc) is 3.51. The Bertz CT molecular complexity index is 878. The van der Waals surface area contributed by atoms with Crippen LogP contribution in [-0.4, -0.2) is 60.9 Å². The molecule has 8 heteroatoms. The highest BCUT2D eigenvalue weighted by Crippen LogP contribution is 2.34. The molecule has 1 saturated heterocycles. The van der Waals surface area contributed by atoms with Gasteiger partial charge in [0.25, 0.3) is 5.91 Å². The van der Waals surface area contributed by atoms with E-state index in [1.165, 1.54) is 0 Å². The van der Waals surface area contributed by atoms with Gasteiger partial charge in [-0.1, -0.05) is 11.6 Å². The minimum absolute atomic E-state index is 0.0780. The predicted molar refractivity (Wildman–Crippen MR) is 110 cm³/mol.